The molecular weight excluding hydrogens is 394 g/mol. The van der Waals surface area contributed by atoms with Crippen LogP contribution in [0.25, 0.3) is 0 Å². The standard InChI is InChI=1S/C23H34N2P2Si/c1-23(2,3)22-20(17(15-26)7-8-21(22)28(4,5)6)16-27(18-9-11-24-13-18)19-10-12-25-14-19/h7-14,24-25H,15-16,26H2,1-6H3. The van der Waals surface area contributed by atoms with E-state index < -0.39 is 16.0 Å². The van der Waals surface area contributed by atoms with E-state index in [2.05, 4.69) is 109 Å². The third kappa shape index (κ3) is 4.53. The summed E-state index contributed by atoms with van der Waals surface area (Å²) in [5.74, 6) is 0. The fraction of sp³-hybridized carbons (Fsp3) is 0.391. The fourth-order valence-corrected chi connectivity index (χ4v) is 8.55. The number of aromatic amines is 2. The average Bonchev–Trinajstić information content (AvgIpc) is 3.31. The Kier molecular flexibility index (Phi) is 6.40. The van der Waals surface area contributed by atoms with Gasteiger partial charge in [-0.3, -0.25) is 0 Å². The van der Waals surface area contributed by atoms with E-state index >= 15 is 0 Å². The molecule has 0 aliphatic carbocycles. The largest absolute Gasteiger partial charge is 0.367 e. The van der Waals surface area contributed by atoms with Crippen molar-refractivity contribution in [1.82, 2.24) is 9.97 Å². The van der Waals surface area contributed by atoms with Crippen LogP contribution in [0.2, 0.25) is 19.6 Å². The van der Waals surface area contributed by atoms with E-state index in [1.165, 1.54) is 16.2 Å². The summed E-state index contributed by atoms with van der Waals surface area (Å²) in [7, 11) is 1.06. The Morgan fingerprint density at radius 3 is 1.89 bits per heavy atom. The Bertz CT molecular complexity index is 867. The number of rotatable bonds is 6. The molecule has 150 valence electrons. The van der Waals surface area contributed by atoms with Gasteiger partial charge in [-0.2, -0.15) is 0 Å². The molecule has 1 atom stereocenters. The quantitative estimate of drug-likeness (QED) is 0.400. The first-order chi connectivity index (χ1) is 13.1. The molecular formula is C23H34N2P2Si. The van der Waals surface area contributed by atoms with Crippen molar-refractivity contribution < 1.29 is 0 Å². The van der Waals surface area contributed by atoms with Gasteiger partial charge in [-0.05, 0) is 58.9 Å². The second-order valence-corrected chi connectivity index (χ2v) is 17.2. The summed E-state index contributed by atoms with van der Waals surface area (Å²) in [6.07, 6.45) is 10.6. The zero-order valence-electron chi connectivity index (χ0n) is 18.1. The molecule has 2 heterocycles. The molecule has 0 saturated carbocycles. The maximum Gasteiger partial charge on any atom is 0.0779 e. The van der Waals surface area contributed by atoms with Gasteiger partial charge in [0.2, 0.25) is 0 Å². The molecule has 0 aliphatic heterocycles. The highest BCUT2D eigenvalue weighted by atomic mass is 31.1. The summed E-state index contributed by atoms with van der Waals surface area (Å²) in [4.78, 5) is 6.55. The first-order valence-electron chi connectivity index (χ1n) is 10.0. The summed E-state index contributed by atoms with van der Waals surface area (Å²) in [6, 6.07) is 9.33. The smallest absolute Gasteiger partial charge is 0.0779 e. The summed E-state index contributed by atoms with van der Waals surface area (Å²) in [5.41, 5.74) is 4.80. The van der Waals surface area contributed by atoms with E-state index in [9.17, 15) is 0 Å². The molecule has 0 radical (unpaired) electrons. The monoisotopic (exact) mass is 428 g/mol. The Hall–Kier alpha value is -1.14. The first-order valence-corrected chi connectivity index (χ1v) is 15.9. The molecule has 5 heteroatoms. The predicted molar refractivity (Wildman–Crippen MR) is 133 cm³/mol. The van der Waals surface area contributed by atoms with Crippen molar-refractivity contribution in [2.24, 2.45) is 0 Å². The van der Waals surface area contributed by atoms with Crippen LogP contribution in [0.15, 0.2) is 49.1 Å². The average molecular weight is 429 g/mol. The maximum atomic E-state index is 3.28. The lowest BCUT2D eigenvalue weighted by atomic mass is 9.82. The van der Waals surface area contributed by atoms with Crippen LogP contribution < -0.4 is 15.8 Å². The van der Waals surface area contributed by atoms with Crippen LogP contribution in [-0.4, -0.2) is 18.0 Å². The molecule has 0 spiro atoms. The lowest BCUT2D eigenvalue weighted by molar-refractivity contribution is 0.588. The second-order valence-electron chi connectivity index (χ2n) is 9.55. The third-order valence-corrected chi connectivity index (χ3v) is 10.2. The van der Waals surface area contributed by atoms with Crippen LogP contribution in [0.3, 0.4) is 0 Å². The summed E-state index contributed by atoms with van der Waals surface area (Å²) in [6.45, 7) is 14.6. The van der Waals surface area contributed by atoms with Gasteiger partial charge in [-0.1, -0.05) is 57.7 Å². The van der Waals surface area contributed by atoms with Crippen molar-refractivity contribution in [3.05, 3.63) is 65.7 Å². The van der Waals surface area contributed by atoms with Gasteiger partial charge in [-0.15, -0.1) is 9.24 Å². The highest BCUT2D eigenvalue weighted by Gasteiger charge is 2.31. The molecule has 0 fully saturated rings. The topological polar surface area (TPSA) is 31.6 Å². The molecule has 2 aromatic heterocycles. The molecule has 28 heavy (non-hydrogen) atoms. The molecule has 3 rings (SSSR count). The number of H-pyrrole nitrogens is 2. The molecule has 0 bridgehead atoms. The Morgan fingerprint density at radius 2 is 1.50 bits per heavy atom. The van der Waals surface area contributed by atoms with Crippen molar-refractivity contribution >= 4 is 41.0 Å². The number of hydrogen-bond acceptors (Lipinski definition) is 0. The third-order valence-electron chi connectivity index (χ3n) is 5.29. The minimum absolute atomic E-state index is 0.137. The van der Waals surface area contributed by atoms with Crippen LogP contribution in [0, 0.1) is 0 Å². The van der Waals surface area contributed by atoms with Crippen molar-refractivity contribution in [3.8, 4) is 0 Å². The van der Waals surface area contributed by atoms with E-state index in [4.69, 9.17) is 0 Å². The highest BCUT2D eigenvalue weighted by molar-refractivity contribution is 7.72. The van der Waals surface area contributed by atoms with Crippen LogP contribution in [0.4, 0.5) is 0 Å². The number of benzene rings is 1. The number of nitrogens with one attached hydrogen (secondary N) is 2. The second kappa shape index (κ2) is 8.31. The van der Waals surface area contributed by atoms with Crippen molar-refractivity contribution in [2.75, 3.05) is 0 Å². The maximum absolute atomic E-state index is 3.28. The van der Waals surface area contributed by atoms with Gasteiger partial charge in [0.15, 0.2) is 0 Å². The molecule has 1 unspecified atom stereocenters. The zero-order valence-corrected chi connectivity index (χ0v) is 21.1. The van der Waals surface area contributed by atoms with Crippen molar-refractivity contribution in [3.63, 3.8) is 0 Å². The molecule has 2 N–H and O–H groups in total. The predicted octanol–water partition coefficient (Wildman–Crippen LogP) is 5.19. The number of hydrogen-bond donors (Lipinski definition) is 2. The normalized spacial score (nSPS) is 12.7. The van der Waals surface area contributed by atoms with Crippen LogP contribution in [0.1, 0.15) is 37.5 Å². The highest BCUT2D eigenvalue weighted by Crippen LogP contribution is 2.42. The molecule has 3 aromatic rings. The Labute approximate surface area is 174 Å². The lowest BCUT2D eigenvalue weighted by Crippen LogP contribution is -2.44. The van der Waals surface area contributed by atoms with Crippen LogP contribution in [-0.2, 0) is 17.7 Å². The first kappa shape index (κ1) is 21.6. The van der Waals surface area contributed by atoms with E-state index in [0.29, 0.717) is 0 Å². The van der Waals surface area contributed by atoms with Gasteiger partial charge in [0, 0.05) is 30.9 Å². The van der Waals surface area contributed by atoms with Gasteiger partial charge in [-0.25, -0.2) is 0 Å². The van der Waals surface area contributed by atoms with E-state index in [-0.39, 0.29) is 5.41 Å². The lowest BCUT2D eigenvalue weighted by Gasteiger charge is -2.34. The minimum atomic E-state index is -1.45. The Morgan fingerprint density at radius 1 is 0.929 bits per heavy atom. The van der Waals surface area contributed by atoms with E-state index in [1.807, 2.05) is 0 Å². The van der Waals surface area contributed by atoms with E-state index in [0.717, 1.165) is 12.3 Å². The SMILES string of the molecule is CC(C)(C)c1c([Si](C)(C)C)ccc(CP)c1CP(c1cc[nH]c1)c1cc[nH]c1. The molecule has 1 aromatic carbocycles. The zero-order chi connectivity index (χ0) is 20.5. The van der Waals surface area contributed by atoms with Crippen molar-refractivity contribution in [1.29, 1.82) is 0 Å². The summed E-state index contributed by atoms with van der Waals surface area (Å²) < 4.78 is 0. The summed E-state index contributed by atoms with van der Waals surface area (Å²) in [5, 5.41) is 4.46. The minimum Gasteiger partial charge on any atom is -0.367 e. The van der Waals surface area contributed by atoms with Gasteiger partial charge < -0.3 is 9.97 Å². The van der Waals surface area contributed by atoms with Gasteiger partial charge in [0.1, 0.15) is 0 Å². The number of aromatic nitrogens is 2. The summed E-state index contributed by atoms with van der Waals surface area (Å²) >= 11 is 0. The fourth-order valence-electron chi connectivity index (χ4n) is 4.00. The van der Waals surface area contributed by atoms with Crippen molar-refractivity contribution in [2.45, 2.75) is 58.2 Å². The van der Waals surface area contributed by atoms with Gasteiger partial charge in [0.25, 0.3) is 0 Å². The molecule has 0 amide bonds. The van der Waals surface area contributed by atoms with Crippen LogP contribution in [0.5, 0.6) is 0 Å². The molecule has 0 saturated heterocycles. The van der Waals surface area contributed by atoms with Gasteiger partial charge >= 0.3 is 0 Å². The molecule has 2 nitrogen and oxygen atoms in total. The van der Waals surface area contributed by atoms with Crippen LogP contribution >= 0.6 is 17.2 Å². The Balaban J connectivity index is 2.21. The van der Waals surface area contributed by atoms with Gasteiger partial charge in [0.05, 0.1) is 8.07 Å². The van der Waals surface area contributed by atoms with E-state index in [1.54, 1.807) is 16.3 Å². The molecule has 0 aliphatic rings.